The van der Waals surface area contributed by atoms with Crippen molar-refractivity contribution in [2.24, 2.45) is 0 Å². The zero-order valence-corrected chi connectivity index (χ0v) is 21.4. The topological polar surface area (TPSA) is 110 Å². The molecule has 1 aliphatic heterocycles. The number of nitrogens with zero attached hydrogens (tertiary/aromatic N) is 3. The lowest BCUT2D eigenvalue weighted by Gasteiger charge is -2.27. The fourth-order valence-corrected chi connectivity index (χ4v) is 4.34. The van der Waals surface area contributed by atoms with Gasteiger partial charge in [-0.1, -0.05) is 54.6 Å². The summed E-state index contributed by atoms with van der Waals surface area (Å²) >= 11 is 0. The average molecular weight is 513 g/mol. The first-order valence-electron chi connectivity index (χ1n) is 12.9. The zero-order valence-electron chi connectivity index (χ0n) is 21.4. The van der Waals surface area contributed by atoms with Crippen molar-refractivity contribution < 1.29 is 4.74 Å². The van der Waals surface area contributed by atoms with E-state index < -0.39 is 0 Å². The number of aromatic nitrogens is 2. The minimum Gasteiger partial charge on any atom is -0.470 e. The van der Waals surface area contributed by atoms with E-state index in [0.717, 1.165) is 47.4 Å². The minimum atomic E-state index is -0.00528. The Hall–Kier alpha value is -5.11. The Kier molecular flexibility index (Phi) is 8.13. The van der Waals surface area contributed by atoms with Crippen molar-refractivity contribution in [2.75, 3.05) is 25.0 Å². The molecule has 0 spiro atoms. The highest BCUT2D eigenvalue weighted by molar-refractivity contribution is 5.87. The van der Waals surface area contributed by atoms with Gasteiger partial charge in [0, 0.05) is 34.9 Å². The van der Waals surface area contributed by atoms with Crippen molar-refractivity contribution in [3.8, 4) is 29.3 Å². The second kappa shape index (κ2) is 12.4. The molecule has 3 aromatic carbocycles. The number of aromatic amines is 1. The second-order valence-electron chi connectivity index (χ2n) is 9.21. The monoisotopic (exact) mass is 512 g/mol. The summed E-state index contributed by atoms with van der Waals surface area (Å²) in [4.78, 5) is 7.90. The van der Waals surface area contributed by atoms with E-state index in [1.54, 1.807) is 6.20 Å². The van der Waals surface area contributed by atoms with Gasteiger partial charge in [0.15, 0.2) is 0 Å². The molecule has 1 aliphatic rings. The van der Waals surface area contributed by atoms with Crippen molar-refractivity contribution in [2.45, 2.75) is 12.5 Å². The summed E-state index contributed by atoms with van der Waals surface area (Å²) in [6.45, 7) is 2.24. The van der Waals surface area contributed by atoms with Crippen LogP contribution in [0.25, 0.3) is 22.2 Å². The van der Waals surface area contributed by atoms with Crippen LogP contribution in [0.2, 0.25) is 0 Å². The van der Waals surface area contributed by atoms with Crippen LogP contribution in [0.3, 0.4) is 0 Å². The first-order chi connectivity index (χ1) is 19.2. The Morgan fingerprint density at radius 1 is 0.897 bits per heavy atom. The maximum absolute atomic E-state index is 9.10. The molecule has 3 N–H and O–H groups in total. The molecule has 7 heteroatoms. The van der Waals surface area contributed by atoms with E-state index in [4.69, 9.17) is 15.3 Å². The van der Waals surface area contributed by atoms with Gasteiger partial charge < -0.3 is 20.4 Å². The van der Waals surface area contributed by atoms with Crippen LogP contribution in [0.15, 0.2) is 97.2 Å². The molecule has 6 rings (SSSR count). The van der Waals surface area contributed by atoms with E-state index in [2.05, 4.69) is 38.8 Å². The largest absolute Gasteiger partial charge is 0.470 e. The van der Waals surface area contributed by atoms with Crippen LogP contribution in [0.5, 0.6) is 5.88 Å². The first kappa shape index (κ1) is 25.5. The van der Waals surface area contributed by atoms with Crippen LogP contribution in [0.4, 0.5) is 5.69 Å². The van der Waals surface area contributed by atoms with E-state index in [9.17, 15) is 0 Å². The maximum Gasteiger partial charge on any atom is 0.237 e. The number of fused-ring (bicyclic) bond motifs is 2. The maximum atomic E-state index is 9.10. The molecule has 1 atom stereocenters. The molecule has 2 aromatic heterocycles. The molecule has 3 heterocycles. The molecule has 5 aromatic rings. The minimum absolute atomic E-state index is 0.00528. The second-order valence-corrected chi connectivity index (χ2v) is 9.21. The van der Waals surface area contributed by atoms with E-state index >= 15 is 0 Å². The smallest absolute Gasteiger partial charge is 0.237 e. The predicted octanol–water partition coefficient (Wildman–Crippen LogP) is 5.67. The van der Waals surface area contributed by atoms with Gasteiger partial charge in [0.05, 0.1) is 35.5 Å². The number of pyridine rings is 1. The summed E-state index contributed by atoms with van der Waals surface area (Å²) < 4.78 is 6.08. The van der Waals surface area contributed by atoms with E-state index in [0.29, 0.717) is 23.6 Å². The van der Waals surface area contributed by atoms with Crippen LogP contribution in [-0.4, -0.2) is 35.7 Å². The van der Waals surface area contributed by atoms with Crippen molar-refractivity contribution in [3.63, 3.8) is 0 Å². The first-order valence-corrected chi connectivity index (χ1v) is 12.9. The van der Waals surface area contributed by atoms with E-state index in [1.165, 1.54) is 5.56 Å². The number of H-pyrrole nitrogens is 1. The number of nitriles is 2. The Labute approximate surface area is 227 Å². The highest BCUT2D eigenvalue weighted by Crippen LogP contribution is 2.32. The standard InChI is InChI=1S/C26H22N6O.C6H6/c27-12-18-3-1-17(2-4-18)7-8-29-15-22-16-30-25-11-21(14-31-26(25)33-22)24-10-20-6-5-19(13-28)9-23(20)32-24;1-2-4-6-5-3-1/h1-6,9-11,14,22,29-30,32H,7-8,15-16H2;1-6H. The van der Waals surface area contributed by atoms with Gasteiger partial charge in [0.25, 0.3) is 0 Å². The van der Waals surface area contributed by atoms with Crippen molar-refractivity contribution in [1.82, 2.24) is 15.3 Å². The molecule has 0 saturated heterocycles. The highest BCUT2D eigenvalue weighted by Gasteiger charge is 2.21. The fraction of sp³-hybridized carbons (Fsp3) is 0.156. The lowest BCUT2D eigenvalue weighted by atomic mass is 10.1. The average Bonchev–Trinajstić information content (AvgIpc) is 3.44. The van der Waals surface area contributed by atoms with E-state index in [1.807, 2.05) is 84.9 Å². The third-order valence-corrected chi connectivity index (χ3v) is 6.42. The molecule has 0 bridgehead atoms. The van der Waals surface area contributed by atoms with Gasteiger partial charge in [-0.3, -0.25) is 0 Å². The molecule has 0 radical (unpaired) electrons. The molecule has 1 unspecified atom stereocenters. The SMILES string of the molecule is N#Cc1ccc(CCNCC2CNc3cc(-c4cc5ccc(C#N)cc5[nH]4)cnc3O2)cc1.c1ccccc1. The zero-order chi connectivity index (χ0) is 26.9. The molecule has 0 aliphatic carbocycles. The van der Waals surface area contributed by atoms with Gasteiger partial charge in [-0.05, 0) is 54.9 Å². The van der Waals surface area contributed by atoms with Crippen LogP contribution >= 0.6 is 0 Å². The third kappa shape index (κ3) is 6.61. The van der Waals surface area contributed by atoms with Crippen LogP contribution in [0, 0.1) is 22.7 Å². The van der Waals surface area contributed by atoms with E-state index in [-0.39, 0.29) is 6.10 Å². The lowest BCUT2D eigenvalue weighted by molar-refractivity contribution is 0.194. The molecule has 7 nitrogen and oxygen atoms in total. The molecule has 39 heavy (non-hydrogen) atoms. The number of nitrogens with one attached hydrogen (secondary N) is 3. The van der Waals surface area contributed by atoms with Gasteiger partial charge in [-0.25, -0.2) is 4.98 Å². The van der Waals surface area contributed by atoms with Crippen LogP contribution in [-0.2, 0) is 6.42 Å². The summed E-state index contributed by atoms with van der Waals surface area (Å²) in [6, 6.07) is 33.7. The Morgan fingerprint density at radius 3 is 2.33 bits per heavy atom. The van der Waals surface area contributed by atoms with Crippen molar-refractivity contribution in [3.05, 3.63) is 114 Å². The Bertz CT molecular complexity index is 1590. The molecule has 0 saturated carbocycles. The Morgan fingerprint density at radius 2 is 1.62 bits per heavy atom. The summed E-state index contributed by atoms with van der Waals surface area (Å²) in [7, 11) is 0. The highest BCUT2D eigenvalue weighted by atomic mass is 16.5. The molecular weight excluding hydrogens is 484 g/mol. The molecular formula is C32H28N6O. The summed E-state index contributed by atoms with van der Waals surface area (Å²) in [6.07, 6.45) is 2.69. The third-order valence-electron chi connectivity index (χ3n) is 6.42. The quantitative estimate of drug-likeness (QED) is 0.253. The predicted molar refractivity (Wildman–Crippen MR) is 153 cm³/mol. The van der Waals surface area contributed by atoms with Gasteiger partial charge in [-0.15, -0.1) is 0 Å². The van der Waals surface area contributed by atoms with Crippen LogP contribution < -0.4 is 15.4 Å². The number of anilines is 1. The number of ether oxygens (including phenoxy) is 1. The summed E-state index contributed by atoms with van der Waals surface area (Å²) in [5, 5.41) is 25.9. The van der Waals surface area contributed by atoms with Crippen molar-refractivity contribution >= 4 is 16.6 Å². The molecule has 192 valence electrons. The molecule has 0 amide bonds. The van der Waals surface area contributed by atoms with Gasteiger partial charge in [-0.2, -0.15) is 10.5 Å². The number of hydrogen-bond donors (Lipinski definition) is 3. The van der Waals surface area contributed by atoms with Gasteiger partial charge in [0.2, 0.25) is 5.88 Å². The fourth-order valence-electron chi connectivity index (χ4n) is 4.34. The van der Waals surface area contributed by atoms with Crippen molar-refractivity contribution in [1.29, 1.82) is 10.5 Å². The Balaban J connectivity index is 0.000000455. The normalized spacial score (nSPS) is 13.5. The summed E-state index contributed by atoms with van der Waals surface area (Å²) in [5.74, 6) is 0.603. The molecule has 0 fully saturated rings. The van der Waals surface area contributed by atoms with Gasteiger partial charge >= 0.3 is 0 Å². The summed E-state index contributed by atoms with van der Waals surface area (Å²) in [5.41, 5.74) is 6.22. The van der Waals surface area contributed by atoms with Crippen LogP contribution in [0.1, 0.15) is 16.7 Å². The number of rotatable bonds is 6. The van der Waals surface area contributed by atoms with Gasteiger partial charge in [0.1, 0.15) is 6.10 Å². The number of benzene rings is 3. The lowest BCUT2D eigenvalue weighted by Crippen LogP contribution is -2.40. The number of hydrogen-bond acceptors (Lipinski definition) is 6.